The summed E-state index contributed by atoms with van der Waals surface area (Å²) in [7, 11) is 0. The fraction of sp³-hybridized carbons (Fsp3) is 0.0952. The quantitative estimate of drug-likeness (QED) is 0.605. The molecule has 5 heteroatoms. The number of carbonyl (C=O) groups excluding carboxylic acids is 1. The molecule has 128 valence electrons. The zero-order valence-corrected chi connectivity index (χ0v) is 14.2. The third-order valence-electron chi connectivity index (χ3n) is 4.30. The summed E-state index contributed by atoms with van der Waals surface area (Å²) in [6.45, 7) is 0.459. The smallest absolute Gasteiger partial charge is 0.224 e. The molecule has 0 saturated carbocycles. The lowest BCUT2D eigenvalue weighted by atomic mass is 10.0. The van der Waals surface area contributed by atoms with Crippen LogP contribution >= 0.6 is 0 Å². The van der Waals surface area contributed by atoms with Crippen LogP contribution < -0.4 is 5.32 Å². The van der Waals surface area contributed by atoms with E-state index >= 15 is 0 Å². The second kappa shape index (κ2) is 7.19. The number of imidazole rings is 1. The summed E-state index contributed by atoms with van der Waals surface area (Å²) < 4.78 is 1.84. The largest absolute Gasteiger partial charge is 0.352 e. The highest BCUT2D eigenvalue weighted by atomic mass is 16.1. The Balaban J connectivity index is 1.39. The van der Waals surface area contributed by atoms with Crippen LogP contribution in [0.25, 0.3) is 16.6 Å². The Kier molecular flexibility index (Phi) is 4.43. The molecule has 2 aromatic carbocycles. The normalized spacial score (nSPS) is 10.8. The Morgan fingerprint density at radius 3 is 2.73 bits per heavy atom. The molecule has 26 heavy (non-hydrogen) atoms. The lowest BCUT2D eigenvalue weighted by Crippen LogP contribution is -2.24. The fourth-order valence-corrected chi connectivity index (χ4v) is 2.95. The van der Waals surface area contributed by atoms with Gasteiger partial charge in [-0.2, -0.15) is 0 Å². The van der Waals surface area contributed by atoms with Gasteiger partial charge in [-0.05, 0) is 28.0 Å². The molecule has 2 heterocycles. The maximum atomic E-state index is 12.3. The van der Waals surface area contributed by atoms with Gasteiger partial charge in [-0.25, -0.2) is 9.97 Å². The molecule has 0 aliphatic rings. The number of pyridine rings is 1. The molecule has 0 unspecified atom stereocenters. The van der Waals surface area contributed by atoms with Gasteiger partial charge in [-0.3, -0.25) is 9.36 Å². The first-order valence-electron chi connectivity index (χ1n) is 8.46. The van der Waals surface area contributed by atoms with Gasteiger partial charge in [0.05, 0.1) is 6.42 Å². The van der Waals surface area contributed by atoms with Crippen molar-refractivity contribution in [1.29, 1.82) is 0 Å². The molecular formula is C21H18N4O. The number of hydrogen-bond acceptors (Lipinski definition) is 3. The number of aromatic nitrogens is 3. The van der Waals surface area contributed by atoms with Gasteiger partial charge in [0.2, 0.25) is 5.91 Å². The van der Waals surface area contributed by atoms with E-state index in [0.29, 0.717) is 13.0 Å². The van der Waals surface area contributed by atoms with Crippen molar-refractivity contribution in [2.75, 3.05) is 0 Å². The number of fused-ring (bicyclic) bond motifs is 1. The topological polar surface area (TPSA) is 59.8 Å². The standard InChI is InChI=1S/C21H18N4O/c26-21(12-18-6-3-5-17-4-1-2-7-19(17)18)24-14-16-8-9-20(23-13-16)25-11-10-22-15-25/h1-11,13,15H,12,14H2,(H,24,26). The molecule has 0 aliphatic heterocycles. The van der Waals surface area contributed by atoms with Crippen molar-refractivity contribution in [2.24, 2.45) is 0 Å². The molecule has 4 rings (SSSR count). The van der Waals surface area contributed by atoms with E-state index in [-0.39, 0.29) is 5.91 Å². The van der Waals surface area contributed by atoms with Gasteiger partial charge in [0.25, 0.3) is 0 Å². The Morgan fingerprint density at radius 2 is 1.92 bits per heavy atom. The average molecular weight is 342 g/mol. The number of rotatable bonds is 5. The summed E-state index contributed by atoms with van der Waals surface area (Å²) in [5.74, 6) is 0.799. The van der Waals surface area contributed by atoms with Crippen molar-refractivity contribution in [1.82, 2.24) is 19.9 Å². The molecule has 0 spiro atoms. The van der Waals surface area contributed by atoms with E-state index in [0.717, 1.165) is 27.7 Å². The van der Waals surface area contributed by atoms with E-state index in [1.807, 2.05) is 47.2 Å². The van der Waals surface area contributed by atoms with Crippen LogP contribution in [-0.4, -0.2) is 20.4 Å². The van der Waals surface area contributed by atoms with Gasteiger partial charge in [-0.1, -0.05) is 48.5 Å². The summed E-state index contributed by atoms with van der Waals surface area (Å²) >= 11 is 0. The Labute approximate surface area is 151 Å². The van der Waals surface area contributed by atoms with Crippen LogP contribution in [0.4, 0.5) is 0 Å². The van der Waals surface area contributed by atoms with Crippen molar-refractivity contribution in [3.05, 3.63) is 90.6 Å². The predicted octanol–water partition coefficient (Wildman–Crippen LogP) is 3.28. The lowest BCUT2D eigenvalue weighted by molar-refractivity contribution is -0.120. The van der Waals surface area contributed by atoms with Crippen LogP contribution in [0.1, 0.15) is 11.1 Å². The average Bonchev–Trinajstić information content (AvgIpc) is 3.22. The van der Waals surface area contributed by atoms with E-state index < -0.39 is 0 Å². The van der Waals surface area contributed by atoms with Crippen molar-refractivity contribution >= 4 is 16.7 Å². The molecule has 0 fully saturated rings. The minimum absolute atomic E-state index is 0.0000363. The molecule has 0 aliphatic carbocycles. The maximum absolute atomic E-state index is 12.3. The van der Waals surface area contributed by atoms with Gasteiger partial charge in [0.15, 0.2) is 0 Å². The molecular weight excluding hydrogens is 324 g/mol. The summed E-state index contributed by atoms with van der Waals surface area (Å²) in [5, 5.41) is 5.24. The van der Waals surface area contributed by atoms with Crippen molar-refractivity contribution in [3.63, 3.8) is 0 Å². The first-order valence-corrected chi connectivity index (χ1v) is 8.46. The Morgan fingerprint density at radius 1 is 1.04 bits per heavy atom. The maximum Gasteiger partial charge on any atom is 0.224 e. The van der Waals surface area contributed by atoms with Gasteiger partial charge >= 0.3 is 0 Å². The number of nitrogens with zero attached hydrogens (tertiary/aromatic N) is 3. The molecule has 2 aromatic heterocycles. The number of nitrogens with one attached hydrogen (secondary N) is 1. The zero-order chi connectivity index (χ0) is 17.8. The Hall–Kier alpha value is -3.47. The van der Waals surface area contributed by atoms with E-state index in [4.69, 9.17) is 0 Å². The predicted molar refractivity (Wildman–Crippen MR) is 101 cm³/mol. The van der Waals surface area contributed by atoms with Crippen molar-refractivity contribution in [3.8, 4) is 5.82 Å². The molecule has 1 N–H and O–H groups in total. The molecule has 0 atom stereocenters. The number of benzene rings is 2. The summed E-state index contributed by atoms with van der Waals surface area (Å²) in [4.78, 5) is 20.7. The van der Waals surface area contributed by atoms with Gasteiger partial charge in [0.1, 0.15) is 12.1 Å². The Bertz CT molecular complexity index is 1020. The lowest BCUT2D eigenvalue weighted by Gasteiger charge is -2.08. The minimum atomic E-state index is 0.0000363. The first-order chi connectivity index (χ1) is 12.8. The van der Waals surface area contributed by atoms with E-state index in [1.165, 1.54) is 0 Å². The summed E-state index contributed by atoms with van der Waals surface area (Å²) in [5.41, 5.74) is 1.99. The van der Waals surface area contributed by atoms with Crippen LogP contribution in [0, 0.1) is 0 Å². The number of carbonyl (C=O) groups is 1. The SMILES string of the molecule is O=C(Cc1cccc2ccccc12)NCc1ccc(-n2ccnc2)nc1. The summed E-state index contributed by atoms with van der Waals surface area (Å²) in [6, 6.07) is 18.0. The molecule has 5 nitrogen and oxygen atoms in total. The van der Waals surface area contributed by atoms with Crippen molar-refractivity contribution in [2.45, 2.75) is 13.0 Å². The highest BCUT2D eigenvalue weighted by molar-refractivity contribution is 5.90. The highest BCUT2D eigenvalue weighted by Gasteiger charge is 2.07. The second-order valence-corrected chi connectivity index (χ2v) is 6.09. The number of amides is 1. The molecule has 0 radical (unpaired) electrons. The second-order valence-electron chi connectivity index (χ2n) is 6.09. The monoisotopic (exact) mass is 342 g/mol. The van der Waals surface area contributed by atoms with Crippen molar-refractivity contribution < 1.29 is 4.79 Å². The van der Waals surface area contributed by atoms with Crippen LogP contribution in [0.3, 0.4) is 0 Å². The molecule has 0 saturated heterocycles. The van der Waals surface area contributed by atoms with Crippen LogP contribution in [0.5, 0.6) is 0 Å². The third-order valence-corrected chi connectivity index (χ3v) is 4.30. The fourth-order valence-electron chi connectivity index (χ4n) is 2.95. The first kappa shape index (κ1) is 16.0. The molecule has 4 aromatic rings. The molecule has 1 amide bonds. The van der Waals surface area contributed by atoms with E-state index in [1.54, 1.807) is 18.7 Å². The summed E-state index contributed by atoms with van der Waals surface area (Å²) in [6.07, 6.45) is 7.39. The van der Waals surface area contributed by atoms with Crippen LogP contribution in [-0.2, 0) is 17.8 Å². The van der Waals surface area contributed by atoms with Crippen LogP contribution in [0.2, 0.25) is 0 Å². The number of hydrogen-bond donors (Lipinski definition) is 1. The highest BCUT2D eigenvalue weighted by Crippen LogP contribution is 2.18. The van der Waals surface area contributed by atoms with Gasteiger partial charge < -0.3 is 5.32 Å². The van der Waals surface area contributed by atoms with E-state index in [9.17, 15) is 4.79 Å². The van der Waals surface area contributed by atoms with Crippen LogP contribution in [0.15, 0.2) is 79.5 Å². The van der Waals surface area contributed by atoms with E-state index in [2.05, 4.69) is 33.5 Å². The third kappa shape index (κ3) is 3.47. The van der Waals surface area contributed by atoms with Gasteiger partial charge in [0, 0.05) is 25.1 Å². The zero-order valence-electron chi connectivity index (χ0n) is 14.2. The minimum Gasteiger partial charge on any atom is -0.352 e. The molecule has 0 bridgehead atoms. The van der Waals surface area contributed by atoms with Gasteiger partial charge in [-0.15, -0.1) is 0 Å².